The van der Waals surface area contributed by atoms with Crippen molar-refractivity contribution in [3.8, 4) is 0 Å². The van der Waals surface area contributed by atoms with E-state index >= 15 is 0 Å². The van der Waals surface area contributed by atoms with Crippen molar-refractivity contribution in [2.75, 3.05) is 13.1 Å². The molecule has 2 aliphatic carbocycles. The van der Waals surface area contributed by atoms with Gasteiger partial charge in [0.15, 0.2) is 0 Å². The van der Waals surface area contributed by atoms with Crippen molar-refractivity contribution in [3.63, 3.8) is 0 Å². The molecule has 0 saturated heterocycles. The summed E-state index contributed by atoms with van der Waals surface area (Å²) in [5.41, 5.74) is 12.2. The minimum absolute atomic E-state index is 0.357. The van der Waals surface area contributed by atoms with E-state index < -0.39 is 0 Å². The molecule has 0 aromatic rings. The van der Waals surface area contributed by atoms with Crippen LogP contribution >= 0.6 is 0 Å². The topological polar surface area (TPSA) is 76.1 Å². The summed E-state index contributed by atoms with van der Waals surface area (Å²) in [5, 5.41) is 7.19. The second kappa shape index (κ2) is 7.43. The zero-order valence-electron chi connectivity index (χ0n) is 11.5. The summed E-state index contributed by atoms with van der Waals surface area (Å²) in [5.74, 6) is 0. The predicted molar refractivity (Wildman–Crippen MR) is 76.5 cm³/mol. The molecule has 2 saturated carbocycles. The van der Waals surface area contributed by atoms with E-state index in [1.165, 1.54) is 51.4 Å². The summed E-state index contributed by atoms with van der Waals surface area (Å²) in [7, 11) is 0. The average Bonchev–Trinajstić information content (AvgIpc) is 2.38. The Morgan fingerprint density at radius 3 is 1.44 bits per heavy atom. The van der Waals surface area contributed by atoms with Gasteiger partial charge in [0.2, 0.25) is 0 Å². The molecule has 2 rings (SSSR count). The highest BCUT2D eigenvalue weighted by Crippen LogP contribution is 2.17. The zero-order chi connectivity index (χ0) is 12.8. The fraction of sp³-hybridized carbons (Fsp3) is 1.00. The van der Waals surface area contributed by atoms with E-state index in [0.717, 1.165) is 13.1 Å². The van der Waals surface area contributed by atoms with E-state index in [2.05, 4.69) is 10.6 Å². The van der Waals surface area contributed by atoms with Gasteiger partial charge in [0, 0.05) is 37.3 Å². The number of nitrogens with one attached hydrogen (secondary N) is 2. The Hall–Kier alpha value is -0.160. The first-order chi connectivity index (χ1) is 8.77. The minimum atomic E-state index is 0.357. The molecular formula is C14H30N4. The Labute approximate surface area is 111 Å². The van der Waals surface area contributed by atoms with Gasteiger partial charge in [-0.05, 0) is 25.7 Å². The molecular weight excluding hydrogens is 224 g/mol. The molecule has 4 heteroatoms. The Balaban J connectivity index is 1.57. The van der Waals surface area contributed by atoms with Crippen molar-refractivity contribution in [1.82, 2.24) is 10.6 Å². The fourth-order valence-corrected chi connectivity index (χ4v) is 3.34. The van der Waals surface area contributed by atoms with Crippen molar-refractivity contribution in [3.05, 3.63) is 0 Å². The molecule has 4 nitrogen and oxygen atoms in total. The summed E-state index contributed by atoms with van der Waals surface area (Å²) in [4.78, 5) is 0. The van der Waals surface area contributed by atoms with Crippen molar-refractivity contribution in [2.24, 2.45) is 11.5 Å². The molecule has 106 valence electrons. The Bertz CT molecular complexity index is 210. The van der Waals surface area contributed by atoms with Crippen molar-refractivity contribution in [1.29, 1.82) is 0 Å². The van der Waals surface area contributed by atoms with Crippen LogP contribution < -0.4 is 22.1 Å². The van der Waals surface area contributed by atoms with Gasteiger partial charge in [0.25, 0.3) is 0 Å². The summed E-state index contributed by atoms with van der Waals surface area (Å²) < 4.78 is 0. The molecule has 2 unspecified atom stereocenters. The van der Waals surface area contributed by atoms with Crippen LogP contribution in [-0.4, -0.2) is 37.3 Å². The van der Waals surface area contributed by atoms with Gasteiger partial charge in [0.1, 0.15) is 0 Å². The van der Waals surface area contributed by atoms with E-state index in [0.29, 0.717) is 24.2 Å². The first-order valence-electron chi connectivity index (χ1n) is 7.75. The summed E-state index contributed by atoms with van der Waals surface area (Å²) in [6.07, 6.45) is 10.1. The molecule has 4 atom stereocenters. The number of nitrogens with two attached hydrogens (primary N) is 2. The van der Waals surface area contributed by atoms with Gasteiger partial charge in [0.05, 0.1) is 0 Å². The van der Waals surface area contributed by atoms with Gasteiger partial charge in [-0.2, -0.15) is 0 Å². The normalized spacial score (nSPS) is 37.7. The van der Waals surface area contributed by atoms with Gasteiger partial charge in [-0.25, -0.2) is 0 Å². The van der Waals surface area contributed by atoms with Gasteiger partial charge in [-0.15, -0.1) is 0 Å². The highest BCUT2D eigenvalue weighted by molar-refractivity contribution is 4.86. The van der Waals surface area contributed by atoms with Crippen LogP contribution in [0.5, 0.6) is 0 Å². The molecule has 0 aromatic carbocycles. The lowest BCUT2D eigenvalue weighted by atomic mass is 9.90. The first kappa shape index (κ1) is 14.3. The van der Waals surface area contributed by atoms with E-state index in [9.17, 15) is 0 Å². The molecule has 0 amide bonds. The monoisotopic (exact) mass is 254 g/mol. The molecule has 18 heavy (non-hydrogen) atoms. The second-order valence-electron chi connectivity index (χ2n) is 6.02. The van der Waals surface area contributed by atoms with Crippen LogP contribution in [0.1, 0.15) is 51.4 Å². The molecule has 2 fully saturated rings. The van der Waals surface area contributed by atoms with Gasteiger partial charge < -0.3 is 22.1 Å². The van der Waals surface area contributed by atoms with E-state index in [1.54, 1.807) is 0 Å². The van der Waals surface area contributed by atoms with E-state index in [1.807, 2.05) is 0 Å². The summed E-state index contributed by atoms with van der Waals surface area (Å²) >= 11 is 0. The quantitative estimate of drug-likeness (QED) is 0.545. The average molecular weight is 254 g/mol. The van der Waals surface area contributed by atoms with E-state index in [-0.39, 0.29) is 0 Å². The Morgan fingerprint density at radius 2 is 1.06 bits per heavy atom. The van der Waals surface area contributed by atoms with Crippen molar-refractivity contribution in [2.45, 2.75) is 75.5 Å². The third-order valence-electron chi connectivity index (χ3n) is 4.58. The van der Waals surface area contributed by atoms with Crippen LogP contribution in [0.15, 0.2) is 0 Å². The molecule has 0 radical (unpaired) electrons. The molecule has 0 spiro atoms. The zero-order valence-corrected chi connectivity index (χ0v) is 11.5. The first-order valence-corrected chi connectivity index (χ1v) is 7.75. The van der Waals surface area contributed by atoms with Gasteiger partial charge in [-0.1, -0.05) is 25.7 Å². The summed E-state index contributed by atoms with van der Waals surface area (Å²) in [6, 6.07) is 1.77. The molecule has 2 aliphatic rings. The molecule has 0 bridgehead atoms. The van der Waals surface area contributed by atoms with E-state index in [4.69, 9.17) is 11.5 Å². The molecule has 0 aromatic heterocycles. The smallest absolute Gasteiger partial charge is 0.0219 e. The van der Waals surface area contributed by atoms with Crippen LogP contribution in [0.3, 0.4) is 0 Å². The lowest BCUT2D eigenvalue weighted by molar-refractivity contribution is 0.306. The maximum Gasteiger partial charge on any atom is 0.0219 e. The minimum Gasteiger partial charge on any atom is -0.326 e. The van der Waals surface area contributed by atoms with Crippen LogP contribution in [0, 0.1) is 0 Å². The second-order valence-corrected chi connectivity index (χ2v) is 6.02. The standard InChI is InChI=1S/C14H30N4/c15-11-5-1-3-7-13(11)17-9-10-18-14-8-4-2-6-12(14)16/h11-14,17-18H,1-10,15-16H2/t11-,12?,13?,14-/m0/s1. The highest BCUT2D eigenvalue weighted by atomic mass is 15.0. The molecule has 0 aliphatic heterocycles. The Morgan fingerprint density at radius 1 is 0.667 bits per heavy atom. The number of rotatable bonds is 5. The summed E-state index contributed by atoms with van der Waals surface area (Å²) in [6.45, 7) is 2.03. The Kier molecular flexibility index (Phi) is 5.89. The van der Waals surface area contributed by atoms with Crippen molar-refractivity contribution < 1.29 is 0 Å². The van der Waals surface area contributed by atoms with Gasteiger partial charge >= 0.3 is 0 Å². The molecule has 6 N–H and O–H groups in total. The fourth-order valence-electron chi connectivity index (χ4n) is 3.34. The maximum atomic E-state index is 6.12. The van der Waals surface area contributed by atoms with Crippen LogP contribution in [-0.2, 0) is 0 Å². The third-order valence-corrected chi connectivity index (χ3v) is 4.58. The van der Waals surface area contributed by atoms with Crippen LogP contribution in [0.25, 0.3) is 0 Å². The van der Waals surface area contributed by atoms with Crippen molar-refractivity contribution >= 4 is 0 Å². The largest absolute Gasteiger partial charge is 0.326 e. The maximum absolute atomic E-state index is 6.12. The number of hydrogen-bond donors (Lipinski definition) is 4. The third kappa shape index (κ3) is 4.19. The van der Waals surface area contributed by atoms with Gasteiger partial charge in [-0.3, -0.25) is 0 Å². The SMILES string of the molecule is NC1CCCC[C@@H]1NCCNC1CCCC[C@@H]1N. The molecule has 0 heterocycles. The van der Waals surface area contributed by atoms with Crippen LogP contribution in [0.4, 0.5) is 0 Å². The van der Waals surface area contributed by atoms with Crippen LogP contribution in [0.2, 0.25) is 0 Å². The highest BCUT2D eigenvalue weighted by Gasteiger charge is 2.22. The lowest BCUT2D eigenvalue weighted by Gasteiger charge is -2.31. The number of hydrogen-bond acceptors (Lipinski definition) is 4. The predicted octanol–water partition coefficient (Wildman–Crippen LogP) is 0.705. The lowest BCUT2D eigenvalue weighted by Crippen LogP contribution is -2.51.